The summed E-state index contributed by atoms with van der Waals surface area (Å²) in [5.41, 5.74) is 2.08. The van der Waals surface area contributed by atoms with E-state index in [1.807, 2.05) is 20.8 Å². The molecule has 9 heavy (non-hydrogen) atoms. The Morgan fingerprint density at radius 1 is 1.56 bits per heavy atom. The van der Waals surface area contributed by atoms with Crippen LogP contribution < -0.4 is 5.32 Å². The Morgan fingerprint density at radius 3 is 2.22 bits per heavy atom. The summed E-state index contributed by atoms with van der Waals surface area (Å²) in [6, 6.07) is 0.280. The minimum Gasteiger partial charge on any atom is -0.346 e. The van der Waals surface area contributed by atoms with Crippen LogP contribution in [0.15, 0.2) is 11.1 Å². The fraction of sp³-hybridized carbons (Fsp3) is 0.571. The second kappa shape index (κ2) is 1.87. The molecule has 1 unspecified atom stereocenters. The molecule has 1 aliphatic rings. The van der Waals surface area contributed by atoms with Crippen molar-refractivity contribution in [2.75, 3.05) is 0 Å². The van der Waals surface area contributed by atoms with Crippen LogP contribution in [0.2, 0.25) is 0 Å². The van der Waals surface area contributed by atoms with E-state index in [0.29, 0.717) is 0 Å². The van der Waals surface area contributed by atoms with Gasteiger partial charge in [-0.25, -0.2) is 0 Å². The van der Waals surface area contributed by atoms with Gasteiger partial charge in [-0.15, -0.1) is 0 Å². The highest BCUT2D eigenvalue weighted by molar-refractivity contribution is 6.02. The van der Waals surface area contributed by atoms with Gasteiger partial charge in [-0.3, -0.25) is 4.79 Å². The summed E-state index contributed by atoms with van der Waals surface area (Å²) in [6.45, 7) is 5.92. The Hall–Kier alpha value is -0.790. The fourth-order valence-electron chi connectivity index (χ4n) is 1.13. The lowest BCUT2D eigenvalue weighted by atomic mass is 9.96. The van der Waals surface area contributed by atoms with Crippen LogP contribution in [0.3, 0.4) is 0 Å². The highest BCUT2D eigenvalue weighted by atomic mass is 16.2. The number of hydrogen-bond donors (Lipinski definition) is 1. The fourth-order valence-corrected chi connectivity index (χ4v) is 1.13. The molecule has 1 heterocycles. The molecule has 1 amide bonds. The number of nitrogens with one attached hydrogen (secondary N) is 1. The molecule has 1 N–H and O–H groups in total. The van der Waals surface area contributed by atoms with Gasteiger partial charge in [-0.1, -0.05) is 5.57 Å². The highest BCUT2D eigenvalue weighted by Gasteiger charge is 2.28. The molecule has 0 bridgehead atoms. The summed E-state index contributed by atoms with van der Waals surface area (Å²) in [5, 5.41) is 2.74. The number of amides is 1. The molecule has 1 fully saturated rings. The molecular formula is C7H11NO. The third kappa shape index (κ3) is 0.846. The second-order valence-electron chi connectivity index (χ2n) is 2.61. The Bertz CT molecular complexity index is 177. The first-order chi connectivity index (χ1) is 4.13. The molecule has 50 valence electrons. The van der Waals surface area contributed by atoms with Crippen LogP contribution in [-0.4, -0.2) is 11.9 Å². The van der Waals surface area contributed by atoms with E-state index >= 15 is 0 Å². The molecule has 2 nitrogen and oxygen atoms in total. The third-order valence-corrected chi connectivity index (χ3v) is 1.56. The van der Waals surface area contributed by atoms with Crippen LogP contribution in [0, 0.1) is 0 Å². The number of β-lactam (4-membered cyclic amide) rings is 1. The van der Waals surface area contributed by atoms with Crippen molar-refractivity contribution in [3.63, 3.8) is 0 Å². The van der Waals surface area contributed by atoms with Crippen molar-refractivity contribution in [1.29, 1.82) is 0 Å². The average Bonchev–Trinajstić information content (AvgIpc) is 1.62. The van der Waals surface area contributed by atoms with Crippen molar-refractivity contribution < 1.29 is 4.79 Å². The van der Waals surface area contributed by atoms with Crippen LogP contribution in [0.5, 0.6) is 0 Å². The summed E-state index contributed by atoms with van der Waals surface area (Å²) in [7, 11) is 0. The van der Waals surface area contributed by atoms with Gasteiger partial charge in [0.2, 0.25) is 5.91 Å². The molecule has 0 aromatic carbocycles. The van der Waals surface area contributed by atoms with Gasteiger partial charge in [0, 0.05) is 5.57 Å². The van der Waals surface area contributed by atoms with E-state index in [1.165, 1.54) is 0 Å². The van der Waals surface area contributed by atoms with Gasteiger partial charge >= 0.3 is 0 Å². The molecule has 1 atom stereocenters. The van der Waals surface area contributed by atoms with Crippen LogP contribution >= 0.6 is 0 Å². The standard InChI is InChI=1S/C7H11NO/c1-4(2)6-5(3)8-7(6)9/h5H,1-3H3,(H,8,9). The molecule has 1 saturated heterocycles. The van der Waals surface area contributed by atoms with E-state index < -0.39 is 0 Å². The zero-order valence-electron chi connectivity index (χ0n) is 5.99. The topological polar surface area (TPSA) is 29.1 Å². The number of hydrogen-bond acceptors (Lipinski definition) is 1. The van der Waals surface area contributed by atoms with Crippen LogP contribution in [0.25, 0.3) is 0 Å². The molecule has 1 aliphatic heterocycles. The molecular weight excluding hydrogens is 114 g/mol. The Morgan fingerprint density at radius 2 is 2.11 bits per heavy atom. The summed E-state index contributed by atoms with van der Waals surface area (Å²) < 4.78 is 0. The zero-order chi connectivity index (χ0) is 7.02. The summed E-state index contributed by atoms with van der Waals surface area (Å²) >= 11 is 0. The number of rotatable bonds is 0. The molecule has 0 saturated carbocycles. The van der Waals surface area contributed by atoms with E-state index in [9.17, 15) is 4.79 Å². The number of allylic oxidation sites excluding steroid dienone is 1. The molecule has 0 aliphatic carbocycles. The number of carbonyl (C=O) groups is 1. The summed E-state index contributed by atoms with van der Waals surface area (Å²) in [6.07, 6.45) is 0. The van der Waals surface area contributed by atoms with E-state index in [4.69, 9.17) is 0 Å². The smallest absolute Gasteiger partial charge is 0.249 e. The van der Waals surface area contributed by atoms with Gasteiger partial charge in [0.1, 0.15) is 0 Å². The zero-order valence-corrected chi connectivity index (χ0v) is 5.99. The van der Waals surface area contributed by atoms with E-state index in [-0.39, 0.29) is 11.9 Å². The maximum Gasteiger partial charge on any atom is 0.249 e. The summed E-state index contributed by atoms with van der Waals surface area (Å²) in [5.74, 6) is 0.0995. The van der Waals surface area contributed by atoms with Gasteiger partial charge in [0.05, 0.1) is 6.04 Å². The minimum atomic E-state index is 0.0995. The molecule has 0 spiro atoms. The predicted octanol–water partition coefficient (Wildman–Crippen LogP) is 0.841. The van der Waals surface area contributed by atoms with Crippen LogP contribution in [0.4, 0.5) is 0 Å². The first-order valence-corrected chi connectivity index (χ1v) is 3.11. The normalized spacial score (nSPS) is 25.0. The lowest BCUT2D eigenvalue weighted by Crippen LogP contribution is -2.49. The van der Waals surface area contributed by atoms with Gasteiger partial charge in [0.25, 0.3) is 0 Å². The maximum absolute atomic E-state index is 10.7. The maximum atomic E-state index is 10.7. The van der Waals surface area contributed by atoms with Gasteiger partial charge in [-0.05, 0) is 20.8 Å². The van der Waals surface area contributed by atoms with E-state index in [2.05, 4.69) is 5.32 Å². The minimum absolute atomic E-state index is 0.0995. The molecule has 0 radical (unpaired) electrons. The number of carbonyl (C=O) groups excluding carboxylic acids is 1. The predicted molar refractivity (Wildman–Crippen MR) is 36.0 cm³/mol. The van der Waals surface area contributed by atoms with Gasteiger partial charge in [0.15, 0.2) is 0 Å². The lowest BCUT2D eigenvalue weighted by molar-refractivity contribution is -0.122. The van der Waals surface area contributed by atoms with Crippen molar-refractivity contribution in [2.24, 2.45) is 0 Å². The van der Waals surface area contributed by atoms with Crippen molar-refractivity contribution in [3.05, 3.63) is 11.1 Å². The van der Waals surface area contributed by atoms with Crippen molar-refractivity contribution >= 4 is 5.91 Å². The molecule has 0 aromatic rings. The summed E-state index contributed by atoms with van der Waals surface area (Å²) in [4.78, 5) is 10.7. The Labute approximate surface area is 54.9 Å². The second-order valence-corrected chi connectivity index (χ2v) is 2.61. The molecule has 1 rings (SSSR count). The monoisotopic (exact) mass is 125 g/mol. The first-order valence-electron chi connectivity index (χ1n) is 3.11. The molecule has 0 aromatic heterocycles. The highest BCUT2D eigenvalue weighted by Crippen LogP contribution is 2.16. The van der Waals surface area contributed by atoms with Crippen molar-refractivity contribution in [3.8, 4) is 0 Å². The van der Waals surface area contributed by atoms with Gasteiger partial charge < -0.3 is 5.32 Å². The van der Waals surface area contributed by atoms with Crippen LogP contribution in [0.1, 0.15) is 20.8 Å². The average molecular weight is 125 g/mol. The van der Waals surface area contributed by atoms with E-state index in [0.717, 1.165) is 11.1 Å². The van der Waals surface area contributed by atoms with Gasteiger partial charge in [-0.2, -0.15) is 0 Å². The quantitative estimate of drug-likeness (QED) is 0.377. The largest absolute Gasteiger partial charge is 0.346 e. The Kier molecular flexibility index (Phi) is 1.31. The molecule has 2 heteroatoms. The Balaban J connectivity index is 2.82. The first kappa shape index (κ1) is 6.33. The lowest BCUT2D eigenvalue weighted by Gasteiger charge is -2.28. The van der Waals surface area contributed by atoms with Crippen molar-refractivity contribution in [1.82, 2.24) is 5.32 Å². The third-order valence-electron chi connectivity index (χ3n) is 1.56. The van der Waals surface area contributed by atoms with Crippen molar-refractivity contribution in [2.45, 2.75) is 26.8 Å². The van der Waals surface area contributed by atoms with E-state index in [1.54, 1.807) is 0 Å². The SMILES string of the molecule is CC(C)=C1C(=O)NC1C. The van der Waals surface area contributed by atoms with Crippen LogP contribution in [-0.2, 0) is 4.79 Å².